The number of nitrogens with two attached hydrogens (primary N) is 1. The molecule has 0 saturated carbocycles. The van der Waals surface area contributed by atoms with E-state index in [0.29, 0.717) is 22.6 Å². The van der Waals surface area contributed by atoms with Crippen molar-refractivity contribution in [2.45, 2.75) is 32.9 Å². The molecule has 2 amide bonds. The number of pyridine rings is 1. The number of thiophene rings is 1. The zero-order valence-electron chi connectivity index (χ0n) is 17.8. The summed E-state index contributed by atoms with van der Waals surface area (Å²) in [5.74, 6) is -0.299. The van der Waals surface area contributed by atoms with E-state index in [-0.39, 0.29) is 23.8 Å². The fourth-order valence-corrected chi connectivity index (χ4v) is 4.04. The second kappa shape index (κ2) is 9.19. The van der Waals surface area contributed by atoms with Crippen molar-refractivity contribution in [1.82, 2.24) is 25.2 Å². The summed E-state index contributed by atoms with van der Waals surface area (Å²) in [6, 6.07) is 13.3. The van der Waals surface area contributed by atoms with Gasteiger partial charge in [-0.25, -0.2) is 4.52 Å². The number of benzene rings is 1. The number of aromatic nitrogens is 3. The van der Waals surface area contributed by atoms with Crippen molar-refractivity contribution in [3.05, 3.63) is 70.0 Å². The van der Waals surface area contributed by atoms with Gasteiger partial charge in [-0.3, -0.25) is 9.59 Å². The Balaban J connectivity index is 1.60. The molecule has 9 heteroatoms. The minimum atomic E-state index is -0.241. The first-order chi connectivity index (χ1) is 15.4. The van der Waals surface area contributed by atoms with Crippen LogP contribution < -0.4 is 16.4 Å². The van der Waals surface area contributed by atoms with Gasteiger partial charge in [0.25, 0.3) is 11.8 Å². The zero-order chi connectivity index (χ0) is 22.7. The first-order valence-electron chi connectivity index (χ1n) is 10.3. The second-order valence-corrected chi connectivity index (χ2v) is 8.44. The largest absolute Gasteiger partial charge is 0.366 e. The highest BCUT2D eigenvalue weighted by molar-refractivity contribution is 7.12. The number of hydrogen-bond acceptors (Lipinski definition) is 6. The molecule has 0 spiro atoms. The third-order valence-corrected chi connectivity index (χ3v) is 6.07. The maximum Gasteiger partial charge on any atom is 0.261 e. The molecule has 8 nitrogen and oxygen atoms in total. The lowest BCUT2D eigenvalue weighted by Crippen LogP contribution is -2.32. The van der Waals surface area contributed by atoms with Crippen LogP contribution in [0.2, 0.25) is 0 Å². The molecule has 4 rings (SSSR count). The Morgan fingerprint density at radius 3 is 2.69 bits per heavy atom. The van der Waals surface area contributed by atoms with Crippen LogP contribution in [0.4, 0.5) is 5.95 Å². The number of hydrogen-bond donors (Lipinski definition) is 3. The number of nitrogen functional groups attached to an aromatic ring is 1. The molecule has 0 bridgehead atoms. The van der Waals surface area contributed by atoms with E-state index in [0.717, 1.165) is 23.1 Å². The summed E-state index contributed by atoms with van der Waals surface area (Å²) in [6.07, 6.45) is 2.56. The molecule has 32 heavy (non-hydrogen) atoms. The first-order valence-corrected chi connectivity index (χ1v) is 11.2. The SMILES string of the molecule is CC[C@H](C)NC(=O)c1cc(-c2csc(C(=O)NCc3ccccc3)c2)cn2nc(N)nc12. The average molecular weight is 449 g/mol. The number of nitrogens with zero attached hydrogens (tertiary/aromatic N) is 3. The summed E-state index contributed by atoms with van der Waals surface area (Å²) in [4.78, 5) is 30.2. The Bertz CT molecular complexity index is 1260. The van der Waals surface area contributed by atoms with Crippen LogP contribution >= 0.6 is 11.3 Å². The van der Waals surface area contributed by atoms with Gasteiger partial charge in [-0.05, 0) is 42.0 Å². The molecule has 1 aromatic carbocycles. The number of amides is 2. The van der Waals surface area contributed by atoms with Crippen LogP contribution in [-0.2, 0) is 6.54 Å². The molecule has 0 radical (unpaired) electrons. The fraction of sp³-hybridized carbons (Fsp3) is 0.217. The molecule has 164 valence electrons. The summed E-state index contributed by atoms with van der Waals surface area (Å²) in [7, 11) is 0. The zero-order valence-corrected chi connectivity index (χ0v) is 18.6. The number of anilines is 1. The normalized spacial score (nSPS) is 11.9. The quantitative estimate of drug-likeness (QED) is 0.400. The lowest BCUT2D eigenvalue weighted by Gasteiger charge is -2.12. The van der Waals surface area contributed by atoms with Crippen LogP contribution in [0.3, 0.4) is 0 Å². The molecule has 0 unspecified atom stereocenters. The predicted molar refractivity (Wildman–Crippen MR) is 126 cm³/mol. The highest BCUT2D eigenvalue weighted by Crippen LogP contribution is 2.28. The van der Waals surface area contributed by atoms with Gasteiger partial charge < -0.3 is 16.4 Å². The van der Waals surface area contributed by atoms with Gasteiger partial charge in [0.2, 0.25) is 5.95 Å². The van der Waals surface area contributed by atoms with Gasteiger partial charge in [-0.2, -0.15) is 4.98 Å². The van der Waals surface area contributed by atoms with Crippen LogP contribution in [0.15, 0.2) is 54.0 Å². The molecule has 1 atom stereocenters. The molecular weight excluding hydrogens is 424 g/mol. The predicted octanol–water partition coefficient (Wildman–Crippen LogP) is 3.50. The van der Waals surface area contributed by atoms with Crippen LogP contribution in [-0.4, -0.2) is 32.5 Å². The van der Waals surface area contributed by atoms with Crippen molar-refractivity contribution < 1.29 is 9.59 Å². The van der Waals surface area contributed by atoms with Gasteiger partial charge >= 0.3 is 0 Å². The van der Waals surface area contributed by atoms with Crippen LogP contribution in [0, 0.1) is 0 Å². The Hall–Kier alpha value is -3.72. The van der Waals surface area contributed by atoms with E-state index >= 15 is 0 Å². The van der Waals surface area contributed by atoms with E-state index in [4.69, 9.17) is 5.73 Å². The molecule has 4 N–H and O–H groups in total. The molecule has 0 fully saturated rings. The van der Waals surface area contributed by atoms with Crippen molar-refractivity contribution in [2.24, 2.45) is 0 Å². The topological polar surface area (TPSA) is 114 Å². The smallest absolute Gasteiger partial charge is 0.261 e. The number of rotatable bonds is 7. The van der Waals surface area contributed by atoms with Crippen LogP contribution in [0.5, 0.6) is 0 Å². The number of carbonyl (C=O) groups excluding carboxylic acids is 2. The number of nitrogens with one attached hydrogen (secondary N) is 2. The summed E-state index contributed by atoms with van der Waals surface area (Å²) in [6.45, 7) is 4.40. The summed E-state index contributed by atoms with van der Waals surface area (Å²) in [5.41, 5.74) is 9.14. The van der Waals surface area contributed by atoms with E-state index in [1.165, 1.54) is 15.9 Å². The molecule has 3 aromatic heterocycles. The van der Waals surface area contributed by atoms with Crippen LogP contribution in [0.25, 0.3) is 16.8 Å². The van der Waals surface area contributed by atoms with E-state index in [1.807, 2.05) is 55.6 Å². The maximum absolute atomic E-state index is 12.9. The lowest BCUT2D eigenvalue weighted by atomic mass is 10.1. The number of carbonyl (C=O) groups is 2. The Morgan fingerprint density at radius 1 is 1.16 bits per heavy atom. The summed E-state index contributed by atoms with van der Waals surface area (Å²) in [5, 5.41) is 12.0. The fourth-order valence-electron chi connectivity index (χ4n) is 3.20. The van der Waals surface area contributed by atoms with Crippen molar-refractivity contribution in [2.75, 3.05) is 5.73 Å². The van der Waals surface area contributed by atoms with Crippen molar-refractivity contribution in [3.63, 3.8) is 0 Å². The van der Waals surface area contributed by atoms with E-state index in [9.17, 15) is 9.59 Å². The summed E-state index contributed by atoms with van der Waals surface area (Å²) < 4.78 is 1.50. The Kier molecular flexibility index (Phi) is 6.18. The summed E-state index contributed by atoms with van der Waals surface area (Å²) >= 11 is 1.34. The first kappa shape index (κ1) is 21.5. The van der Waals surface area contributed by atoms with E-state index in [2.05, 4.69) is 20.7 Å². The van der Waals surface area contributed by atoms with E-state index < -0.39 is 0 Å². The molecule has 3 heterocycles. The Labute approximate surface area is 189 Å². The van der Waals surface area contributed by atoms with Gasteiger partial charge in [-0.15, -0.1) is 16.4 Å². The number of fused-ring (bicyclic) bond motifs is 1. The highest BCUT2D eigenvalue weighted by Gasteiger charge is 2.19. The van der Waals surface area contributed by atoms with Gasteiger partial charge in [0.05, 0.1) is 10.4 Å². The Morgan fingerprint density at radius 2 is 1.94 bits per heavy atom. The maximum atomic E-state index is 12.9. The minimum Gasteiger partial charge on any atom is -0.366 e. The molecule has 0 aliphatic heterocycles. The third-order valence-electron chi connectivity index (χ3n) is 5.14. The lowest BCUT2D eigenvalue weighted by molar-refractivity contribution is 0.0936. The average Bonchev–Trinajstić information content (AvgIpc) is 3.43. The monoisotopic (exact) mass is 448 g/mol. The molecule has 4 aromatic rings. The standard InChI is InChI=1S/C23H24N6O2S/c1-3-14(2)26-21(30)18-9-16(12-29-20(18)27-23(24)28-29)17-10-19(32-13-17)22(31)25-11-15-7-5-4-6-8-15/h4-10,12-14H,3,11H2,1-2H3,(H2,24,28)(H,25,31)(H,26,30)/t14-/m0/s1. The van der Waals surface area contributed by atoms with Crippen molar-refractivity contribution in [3.8, 4) is 11.1 Å². The van der Waals surface area contributed by atoms with Crippen molar-refractivity contribution in [1.29, 1.82) is 0 Å². The molecule has 0 aliphatic rings. The van der Waals surface area contributed by atoms with Gasteiger partial charge in [-0.1, -0.05) is 37.3 Å². The third kappa shape index (κ3) is 4.62. The highest BCUT2D eigenvalue weighted by atomic mass is 32.1. The van der Waals surface area contributed by atoms with Crippen molar-refractivity contribution >= 4 is 34.7 Å². The van der Waals surface area contributed by atoms with Gasteiger partial charge in [0.15, 0.2) is 5.65 Å². The van der Waals surface area contributed by atoms with E-state index in [1.54, 1.807) is 12.3 Å². The van der Waals surface area contributed by atoms with Gasteiger partial charge in [0, 0.05) is 24.3 Å². The van der Waals surface area contributed by atoms with Crippen LogP contribution in [0.1, 0.15) is 45.9 Å². The molecule has 0 saturated heterocycles. The second-order valence-electron chi connectivity index (χ2n) is 7.53. The molecule has 0 aliphatic carbocycles. The minimum absolute atomic E-state index is 0.0209. The van der Waals surface area contributed by atoms with Gasteiger partial charge in [0.1, 0.15) is 0 Å². The molecular formula is C23H24N6O2S.